The van der Waals surface area contributed by atoms with E-state index in [9.17, 15) is 4.79 Å². The van der Waals surface area contributed by atoms with Gasteiger partial charge >= 0.3 is 0 Å². The van der Waals surface area contributed by atoms with Gasteiger partial charge in [0.15, 0.2) is 0 Å². The summed E-state index contributed by atoms with van der Waals surface area (Å²) in [5.41, 5.74) is 1.94. The van der Waals surface area contributed by atoms with Gasteiger partial charge in [-0.25, -0.2) is 4.98 Å². The summed E-state index contributed by atoms with van der Waals surface area (Å²) < 4.78 is 2.15. The van der Waals surface area contributed by atoms with Gasteiger partial charge < -0.3 is 0 Å². The van der Waals surface area contributed by atoms with E-state index in [0.29, 0.717) is 26.8 Å². The van der Waals surface area contributed by atoms with Crippen molar-refractivity contribution in [3.05, 3.63) is 87.0 Å². The Morgan fingerprint density at radius 1 is 1.04 bits per heavy atom. The fourth-order valence-corrected chi connectivity index (χ4v) is 3.52. The van der Waals surface area contributed by atoms with Crippen LogP contribution in [-0.2, 0) is 0 Å². The third-order valence-corrected chi connectivity index (χ3v) is 4.90. The zero-order chi connectivity index (χ0) is 17.2. The van der Waals surface area contributed by atoms with Crippen LogP contribution in [-0.4, -0.2) is 14.5 Å². The molecular formula is C19H12ClN3OS. The van der Waals surface area contributed by atoms with E-state index in [0.717, 1.165) is 5.69 Å². The van der Waals surface area contributed by atoms with E-state index in [1.807, 2.05) is 53.9 Å². The molecule has 0 N–H and O–H groups in total. The van der Waals surface area contributed by atoms with E-state index in [2.05, 4.69) is 9.97 Å². The second-order valence-electron chi connectivity index (χ2n) is 5.28. The van der Waals surface area contributed by atoms with Crippen LogP contribution in [0.5, 0.6) is 0 Å². The van der Waals surface area contributed by atoms with Crippen LogP contribution >= 0.6 is 22.9 Å². The lowest BCUT2D eigenvalue weighted by atomic mass is 10.2. The maximum atomic E-state index is 13.0. The Balaban J connectivity index is 1.96. The minimum atomic E-state index is -0.131. The van der Waals surface area contributed by atoms with E-state index < -0.39 is 0 Å². The number of rotatable bonds is 3. The summed E-state index contributed by atoms with van der Waals surface area (Å²) in [7, 11) is 0. The Morgan fingerprint density at radius 3 is 2.68 bits per heavy atom. The van der Waals surface area contributed by atoms with Crippen LogP contribution in [0.1, 0.15) is 11.5 Å². The number of pyridine rings is 1. The molecule has 0 atom stereocenters. The fraction of sp³-hybridized carbons (Fsp3) is 0. The molecule has 0 amide bonds. The number of para-hydroxylation sites is 1. The maximum Gasteiger partial charge on any atom is 0.276 e. The lowest BCUT2D eigenvalue weighted by molar-refractivity contribution is 0.947. The number of thiophene rings is 1. The maximum absolute atomic E-state index is 13.0. The normalized spacial score (nSPS) is 11.4. The van der Waals surface area contributed by atoms with Crippen molar-refractivity contribution in [1.82, 2.24) is 14.5 Å². The minimum absolute atomic E-state index is 0.131. The molecule has 3 heterocycles. The highest BCUT2D eigenvalue weighted by Crippen LogP contribution is 2.23. The molecule has 4 rings (SSSR count). The summed E-state index contributed by atoms with van der Waals surface area (Å²) in [6.45, 7) is 0. The molecule has 0 saturated carbocycles. The lowest BCUT2D eigenvalue weighted by Crippen LogP contribution is -2.21. The Morgan fingerprint density at radius 2 is 1.88 bits per heavy atom. The first-order valence-electron chi connectivity index (χ1n) is 7.58. The molecule has 0 aliphatic carbocycles. The molecule has 3 aromatic heterocycles. The Bertz CT molecular complexity index is 1130. The van der Waals surface area contributed by atoms with Crippen molar-refractivity contribution >= 4 is 45.3 Å². The van der Waals surface area contributed by atoms with Crippen molar-refractivity contribution in [2.45, 2.75) is 0 Å². The molecule has 4 nitrogen and oxygen atoms in total. The molecular weight excluding hydrogens is 354 g/mol. The number of aromatic nitrogens is 3. The monoisotopic (exact) mass is 365 g/mol. The van der Waals surface area contributed by atoms with Crippen molar-refractivity contribution < 1.29 is 0 Å². The van der Waals surface area contributed by atoms with Gasteiger partial charge in [-0.2, -0.15) is 0 Å². The molecule has 25 heavy (non-hydrogen) atoms. The van der Waals surface area contributed by atoms with Gasteiger partial charge in [0, 0.05) is 6.20 Å². The zero-order valence-corrected chi connectivity index (χ0v) is 14.5. The second-order valence-corrected chi connectivity index (χ2v) is 6.61. The van der Waals surface area contributed by atoms with Gasteiger partial charge in [-0.3, -0.25) is 14.3 Å². The first-order valence-corrected chi connectivity index (χ1v) is 8.84. The molecule has 0 aliphatic rings. The first kappa shape index (κ1) is 15.7. The van der Waals surface area contributed by atoms with E-state index in [-0.39, 0.29) is 5.56 Å². The number of hydrogen-bond acceptors (Lipinski definition) is 4. The van der Waals surface area contributed by atoms with E-state index in [1.54, 1.807) is 22.9 Å². The number of halogens is 1. The third kappa shape index (κ3) is 2.99. The van der Waals surface area contributed by atoms with Crippen LogP contribution in [0.2, 0.25) is 5.02 Å². The summed E-state index contributed by atoms with van der Waals surface area (Å²) >= 11 is 7.70. The van der Waals surface area contributed by atoms with Crippen molar-refractivity contribution in [2.24, 2.45) is 0 Å². The SMILES string of the molecule is O=c1c2sccc2nc(C=Cc2ccccn2)n1-c1ccccc1Cl. The summed E-state index contributed by atoms with van der Waals surface area (Å²) in [5, 5.41) is 2.36. The van der Waals surface area contributed by atoms with Gasteiger partial charge in [0.1, 0.15) is 10.5 Å². The molecule has 0 fully saturated rings. The molecule has 1 aromatic carbocycles. The molecule has 122 valence electrons. The topological polar surface area (TPSA) is 47.8 Å². The minimum Gasteiger partial charge on any atom is -0.267 e. The van der Waals surface area contributed by atoms with Crippen molar-refractivity contribution in [2.75, 3.05) is 0 Å². The zero-order valence-electron chi connectivity index (χ0n) is 13.0. The highest BCUT2D eigenvalue weighted by atomic mass is 35.5. The van der Waals surface area contributed by atoms with Crippen LogP contribution in [0.3, 0.4) is 0 Å². The smallest absolute Gasteiger partial charge is 0.267 e. The molecule has 0 radical (unpaired) electrons. The van der Waals surface area contributed by atoms with E-state index in [4.69, 9.17) is 11.6 Å². The average molecular weight is 366 g/mol. The predicted molar refractivity (Wildman–Crippen MR) is 103 cm³/mol. The largest absolute Gasteiger partial charge is 0.276 e. The summed E-state index contributed by atoms with van der Waals surface area (Å²) in [6, 6.07) is 14.7. The molecule has 0 saturated heterocycles. The summed E-state index contributed by atoms with van der Waals surface area (Å²) in [4.78, 5) is 21.9. The standard InChI is InChI=1S/C19H12ClN3OS/c20-14-6-1-2-7-16(14)23-17(9-8-13-5-3-4-11-21-13)22-15-10-12-25-18(15)19(23)24/h1-12H. The summed E-state index contributed by atoms with van der Waals surface area (Å²) in [5.74, 6) is 0.509. The Hall–Kier alpha value is -2.76. The van der Waals surface area contributed by atoms with Gasteiger partial charge in [0.25, 0.3) is 5.56 Å². The lowest BCUT2D eigenvalue weighted by Gasteiger charge is -2.11. The Labute approximate surface area is 152 Å². The van der Waals surface area contributed by atoms with E-state index in [1.165, 1.54) is 11.3 Å². The second kappa shape index (κ2) is 6.63. The highest BCUT2D eigenvalue weighted by molar-refractivity contribution is 7.17. The summed E-state index contributed by atoms with van der Waals surface area (Å²) in [6.07, 6.45) is 5.33. The molecule has 0 spiro atoms. The molecule has 0 aliphatic heterocycles. The van der Waals surface area contributed by atoms with Crippen LogP contribution in [0.15, 0.2) is 64.9 Å². The average Bonchev–Trinajstić information content (AvgIpc) is 3.11. The van der Waals surface area contributed by atoms with Gasteiger partial charge in [0.05, 0.1) is 21.9 Å². The van der Waals surface area contributed by atoms with Crippen LogP contribution < -0.4 is 5.56 Å². The quantitative estimate of drug-likeness (QED) is 0.530. The van der Waals surface area contributed by atoms with Gasteiger partial charge in [-0.1, -0.05) is 29.8 Å². The van der Waals surface area contributed by atoms with Crippen molar-refractivity contribution in [3.63, 3.8) is 0 Å². The first-order chi connectivity index (χ1) is 12.2. The van der Waals surface area contributed by atoms with Crippen LogP contribution in [0.4, 0.5) is 0 Å². The molecule has 0 bridgehead atoms. The molecule has 6 heteroatoms. The highest BCUT2D eigenvalue weighted by Gasteiger charge is 2.14. The third-order valence-electron chi connectivity index (χ3n) is 3.69. The predicted octanol–water partition coefficient (Wildman–Crippen LogP) is 4.67. The number of nitrogens with zero attached hydrogens (tertiary/aromatic N) is 3. The Kier molecular flexibility index (Phi) is 4.17. The van der Waals surface area contributed by atoms with E-state index >= 15 is 0 Å². The van der Waals surface area contributed by atoms with Crippen LogP contribution in [0.25, 0.3) is 28.1 Å². The van der Waals surface area contributed by atoms with Gasteiger partial charge in [0.2, 0.25) is 0 Å². The number of hydrogen-bond donors (Lipinski definition) is 0. The van der Waals surface area contributed by atoms with Gasteiger partial charge in [-0.05, 0) is 47.9 Å². The van der Waals surface area contributed by atoms with Crippen LogP contribution in [0, 0.1) is 0 Å². The molecule has 0 unspecified atom stereocenters. The van der Waals surface area contributed by atoms with Crippen molar-refractivity contribution in [1.29, 1.82) is 0 Å². The molecule has 4 aromatic rings. The fourth-order valence-electron chi connectivity index (χ4n) is 2.54. The number of fused-ring (bicyclic) bond motifs is 1. The number of benzene rings is 1. The van der Waals surface area contributed by atoms with Gasteiger partial charge in [-0.15, -0.1) is 11.3 Å². The van der Waals surface area contributed by atoms with Crippen molar-refractivity contribution in [3.8, 4) is 5.69 Å².